The molecule has 0 bridgehead atoms. The lowest BCUT2D eigenvalue weighted by molar-refractivity contribution is 0.207. The molecule has 0 unspecified atom stereocenters. The lowest BCUT2D eigenvalue weighted by Gasteiger charge is -2.36. The lowest BCUT2D eigenvalue weighted by atomic mass is 10.1. The predicted molar refractivity (Wildman–Crippen MR) is 111 cm³/mol. The molecule has 0 N–H and O–H groups in total. The monoisotopic (exact) mass is 388 g/mol. The summed E-state index contributed by atoms with van der Waals surface area (Å²) in [6.45, 7) is 4.33. The van der Waals surface area contributed by atoms with Gasteiger partial charge in [0.1, 0.15) is 0 Å². The molecule has 0 spiro atoms. The first-order valence-corrected chi connectivity index (χ1v) is 10.9. The van der Waals surface area contributed by atoms with Crippen LogP contribution < -0.4 is 0 Å². The van der Waals surface area contributed by atoms with Gasteiger partial charge in [0.05, 0.1) is 0 Å². The largest absolute Gasteiger partial charge is 0.368 e. The second kappa shape index (κ2) is 7.28. The maximum absolute atomic E-state index is 6.28. The first kappa shape index (κ1) is 17.3. The number of hydrogen-bond acceptors (Lipinski definition) is 4. The van der Waals surface area contributed by atoms with Gasteiger partial charge in [-0.2, -0.15) is 0 Å². The molecule has 25 heavy (non-hydrogen) atoms. The summed E-state index contributed by atoms with van der Waals surface area (Å²) >= 11 is 9.92. The highest BCUT2D eigenvalue weighted by Crippen LogP contribution is 2.43. The van der Waals surface area contributed by atoms with Gasteiger partial charge in [-0.3, -0.25) is 0 Å². The Hall–Kier alpha value is -1.07. The second-order valence-electron chi connectivity index (χ2n) is 6.47. The third-order valence-corrected chi connectivity index (χ3v) is 6.92. The van der Waals surface area contributed by atoms with E-state index in [9.17, 15) is 0 Å². The zero-order valence-corrected chi connectivity index (χ0v) is 16.8. The van der Waals surface area contributed by atoms with Crippen molar-refractivity contribution in [1.29, 1.82) is 0 Å². The highest BCUT2D eigenvalue weighted by molar-refractivity contribution is 7.99. The summed E-state index contributed by atoms with van der Waals surface area (Å²) in [7, 11) is 2.20. The van der Waals surface area contributed by atoms with E-state index in [4.69, 9.17) is 11.6 Å². The van der Waals surface area contributed by atoms with Crippen molar-refractivity contribution in [3.8, 4) is 0 Å². The third-order valence-electron chi connectivity index (χ3n) is 4.79. The van der Waals surface area contributed by atoms with E-state index in [-0.39, 0.29) is 0 Å². The van der Waals surface area contributed by atoms with Crippen molar-refractivity contribution < 1.29 is 0 Å². The average molecular weight is 389 g/mol. The third kappa shape index (κ3) is 3.59. The summed E-state index contributed by atoms with van der Waals surface area (Å²) in [6, 6.07) is 13.0. The van der Waals surface area contributed by atoms with Crippen LogP contribution in [0.1, 0.15) is 11.1 Å². The van der Waals surface area contributed by atoms with E-state index in [1.54, 1.807) is 11.8 Å². The summed E-state index contributed by atoms with van der Waals surface area (Å²) in [5.74, 6) is 0. The molecular weight excluding hydrogens is 368 g/mol. The van der Waals surface area contributed by atoms with Crippen LogP contribution in [0.2, 0.25) is 5.02 Å². The van der Waals surface area contributed by atoms with Gasteiger partial charge in [-0.25, -0.2) is 0 Å². The van der Waals surface area contributed by atoms with Crippen molar-refractivity contribution in [2.45, 2.75) is 14.7 Å². The summed E-state index contributed by atoms with van der Waals surface area (Å²) in [6.07, 6.45) is 4.47. The van der Waals surface area contributed by atoms with Crippen molar-refractivity contribution in [2.24, 2.45) is 0 Å². The SMILES string of the molecule is CSc1ccc2c(c1)C(N1CCN(C)CC1)=Cc1cc(Cl)ccc1S2. The molecule has 2 aliphatic heterocycles. The van der Waals surface area contributed by atoms with Crippen LogP contribution in [-0.4, -0.2) is 49.3 Å². The molecule has 2 aromatic carbocycles. The van der Waals surface area contributed by atoms with Crippen LogP contribution in [0, 0.1) is 0 Å². The summed E-state index contributed by atoms with van der Waals surface area (Å²) < 4.78 is 0. The number of nitrogens with zero attached hydrogens (tertiary/aromatic N) is 2. The number of rotatable bonds is 2. The summed E-state index contributed by atoms with van der Waals surface area (Å²) in [4.78, 5) is 8.82. The van der Waals surface area contributed by atoms with Gasteiger partial charge >= 0.3 is 0 Å². The van der Waals surface area contributed by atoms with Crippen LogP contribution >= 0.6 is 35.1 Å². The van der Waals surface area contributed by atoms with Gasteiger partial charge in [-0.05, 0) is 61.3 Å². The van der Waals surface area contributed by atoms with E-state index >= 15 is 0 Å². The number of halogens is 1. The molecule has 1 saturated heterocycles. The predicted octanol–water partition coefficient (Wildman–Crippen LogP) is 5.27. The Balaban J connectivity index is 1.85. The molecule has 2 aliphatic rings. The molecule has 130 valence electrons. The Labute approximate surface area is 163 Å². The van der Waals surface area contributed by atoms with Crippen molar-refractivity contribution in [2.75, 3.05) is 39.5 Å². The van der Waals surface area contributed by atoms with Crippen molar-refractivity contribution in [3.05, 3.63) is 52.5 Å². The van der Waals surface area contributed by atoms with Crippen LogP contribution in [0.4, 0.5) is 0 Å². The van der Waals surface area contributed by atoms with Crippen molar-refractivity contribution in [1.82, 2.24) is 9.80 Å². The molecular formula is C20H21ClN2S2. The zero-order valence-electron chi connectivity index (χ0n) is 14.5. The maximum Gasteiger partial charge on any atom is 0.0459 e. The molecule has 2 nitrogen and oxygen atoms in total. The standard InChI is InChI=1S/C20H21ClN2S2/c1-22-7-9-23(10-8-22)18-12-14-11-15(21)3-5-19(14)25-20-6-4-16(24-2)13-17(18)20/h3-6,11-13H,7-10H2,1-2H3. The molecule has 4 rings (SSSR count). The number of hydrogen-bond donors (Lipinski definition) is 0. The van der Waals surface area contributed by atoms with Gasteiger partial charge in [-0.15, -0.1) is 11.8 Å². The van der Waals surface area contributed by atoms with E-state index in [1.807, 2.05) is 17.8 Å². The molecule has 2 aromatic rings. The zero-order chi connectivity index (χ0) is 17.4. The Morgan fingerprint density at radius 1 is 1.00 bits per heavy atom. The van der Waals surface area contributed by atoms with Crippen LogP contribution in [0.3, 0.4) is 0 Å². The lowest BCUT2D eigenvalue weighted by Crippen LogP contribution is -2.43. The quantitative estimate of drug-likeness (QED) is 0.646. The van der Waals surface area contributed by atoms with Gasteiger partial charge in [0.2, 0.25) is 0 Å². The highest BCUT2D eigenvalue weighted by atomic mass is 35.5. The normalized spacial score (nSPS) is 17.6. The van der Waals surface area contributed by atoms with E-state index in [1.165, 1.54) is 31.5 Å². The number of fused-ring (bicyclic) bond motifs is 2. The minimum Gasteiger partial charge on any atom is -0.368 e. The van der Waals surface area contributed by atoms with Crippen molar-refractivity contribution in [3.63, 3.8) is 0 Å². The number of thioether (sulfide) groups is 1. The smallest absolute Gasteiger partial charge is 0.0459 e. The van der Waals surface area contributed by atoms with E-state index in [0.29, 0.717) is 0 Å². The fourth-order valence-corrected chi connectivity index (χ4v) is 4.94. The number of piperazine rings is 1. The molecule has 0 amide bonds. The Bertz CT molecular complexity index is 826. The Morgan fingerprint density at radius 3 is 2.52 bits per heavy atom. The fourth-order valence-electron chi connectivity index (χ4n) is 3.30. The van der Waals surface area contributed by atoms with Gasteiger partial charge in [0.25, 0.3) is 0 Å². The van der Waals surface area contributed by atoms with Crippen LogP contribution in [0.25, 0.3) is 11.8 Å². The van der Waals surface area contributed by atoms with Gasteiger partial charge in [0, 0.05) is 57.1 Å². The van der Waals surface area contributed by atoms with E-state index < -0.39 is 0 Å². The summed E-state index contributed by atoms with van der Waals surface area (Å²) in [5.41, 5.74) is 3.88. The van der Waals surface area contributed by atoms with Gasteiger partial charge < -0.3 is 9.80 Å². The van der Waals surface area contributed by atoms with Crippen molar-refractivity contribution >= 4 is 46.9 Å². The molecule has 0 aromatic heterocycles. The van der Waals surface area contributed by atoms with E-state index in [0.717, 1.165) is 31.2 Å². The van der Waals surface area contributed by atoms with Gasteiger partial charge in [-0.1, -0.05) is 23.4 Å². The second-order valence-corrected chi connectivity index (χ2v) is 8.87. The molecule has 0 aliphatic carbocycles. The van der Waals surface area contributed by atoms with Gasteiger partial charge in [0.15, 0.2) is 0 Å². The Kier molecular flexibility index (Phi) is 5.05. The minimum absolute atomic E-state index is 0.795. The molecule has 0 atom stereocenters. The maximum atomic E-state index is 6.28. The molecule has 5 heteroatoms. The Morgan fingerprint density at radius 2 is 1.76 bits per heavy atom. The molecule has 0 saturated carbocycles. The number of likely N-dealkylation sites (N-methyl/N-ethyl adjacent to an activating group) is 1. The molecule has 0 radical (unpaired) electrons. The molecule has 1 fully saturated rings. The average Bonchev–Trinajstić information content (AvgIpc) is 2.78. The van der Waals surface area contributed by atoms with E-state index in [2.05, 4.69) is 59.5 Å². The fraction of sp³-hybridized carbons (Fsp3) is 0.300. The first-order valence-electron chi connectivity index (χ1n) is 8.45. The van der Waals surface area contributed by atoms with Crippen LogP contribution in [0.15, 0.2) is 51.1 Å². The van der Waals surface area contributed by atoms with Crippen LogP contribution in [-0.2, 0) is 0 Å². The van der Waals surface area contributed by atoms with Crippen LogP contribution in [0.5, 0.6) is 0 Å². The number of benzene rings is 2. The molecule has 2 heterocycles. The first-order chi connectivity index (χ1) is 12.1. The highest BCUT2D eigenvalue weighted by Gasteiger charge is 2.23. The topological polar surface area (TPSA) is 6.48 Å². The summed E-state index contributed by atoms with van der Waals surface area (Å²) in [5, 5.41) is 0.795. The minimum atomic E-state index is 0.795.